The smallest absolute Gasteiger partial charge is 0.407 e. The molecule has 0 saturated heterocycles. The third-order valence-corrected chi connectivity index (χ3v) is 6.01. The Kier molecular flexibility index (Phi) is 11.2. The number of hydrogen-bond donors (Lipinski definition) is 4. The predicted octanol–water partition coefficient (Wildman–Crippen LogP) is 1.21. The maximum atomic E-state index is 12.7. The summed E-state index contributed by atoms with van der Waals surface area (Å²) in [5.74, 6) is -1.11. The molecule has 0 aliphatic heterocycles. The van der Waals surface area contributed by atoms with E-state index in [4.69, 9.17) is 10.5 Å². The van der Waals surface area contributed by atoms with Gasteiger partial charge in [0.15, 0.2) is 0 Å². The van der Waals surface area contributed by atoms with Gasteiger partial charge >= 0.3 is 6.09 Å². The molecule has 2 rings (SSSR count). The van der Waals surface area contributed by atoms with Crippen molar-refractivity contribution >= 4 is 18.4 Å². The van der Waals surface area contributed by atoms with Gasteiger partial charge < -0.3 is 30.9 Å². The molecule has 0 spiro atoms. The molecule has 0 unspecified atom stereocenters. The number of primary amides is 1. The first-order chi connectivity index (χ1) is 17.8. The van der Waals surface area contributed by atoms with Crippen molar-refractivity contribution in [2.45, 2.75) is 83.4 Å². The van der Waals surface area contributed by atoms with Crippen molar-refractivity contribution in [3.05, 3.63) is 60.2 Å². The second-order valence-corrected chi connectivity index (χ2v) is 10.6. The largest absolute Gasteiger partial charge is 0.444 e. The molecule has 0 bridgehead atoms. The van der Waals surface area contributed by atoms with Gasteiger partial charge in [0, 0.05) is 24.8 Å². The third-order valence-electron chi connectivity index (χ3n) is 6.01. The zero-order chi connectivity index (χ0) is 28.5. The minimum Gasteiger partial charge on any atom is -0.444 e. The lowest BCUT2D eigenvalue weighted by atomic mass is 9.89. The monoisotopic (exact) mass is 529 g/mol. The van der Waals surface area contributed by atoms with Crippen molar-refractivity contribution in [3.63, 3.8) is 0 Å². The molecule has 3 amide bonds. The topological polar surface area (TPSA) is 168 Å². The molecule has 0 aliphatic carbocycles. The van der Waals surface area contributed by atoms with Crippen molar-refractivity contribution in [2.24, 2.45) is 11.7 Å². The van der Waals surface area contributed by atoms with Crippen LogP contribution in [0, 0.1) is 5.92 Å². The van der Waals surface area contributed by atoms with Crippen molar-refractivity contribution in [3.8, 4) is 0 Å². The average molecular weight is 530 g/mol. The predicted molar refractivity (Wildman–Crippen MR) is 141 cm³/mol. The van der Waals surface area contributed by atoms with Crippen LogP contribution in [0.5, 0.6) is 0 Å². The fourth-order valence-electron chi connectivity index (χ4n) is 4.29. The third kappa shape index (κ3) is 9.07. The van der Waals surface area contributed by atoms with E-state index in [1.807, 2.05) is 0 Å². The van der Waals surface area contributed by atoms with Crippen LogP contribution in [-0.2, 0) is 27.2 Å². The first-order valence-electron chi connectivity index (χ1n) is 12.5. The van der Waals surface area contributed by atoms with Crippen molar-refractivity contribution < 1.29 is 29.3 Å². The number of nitrogens with one attached hydrogen (secondary N) is 1. The van der Waals surface area contributed by atoms with Crippen LogP contribution in [0.4, 0.5) is 4.79 Å². The van der Waals surface area contributed by atoms with Gasteiger partial charge in [0.1, 0.15) is 23.9 Å². The Balaban J connectivity index is 2.47. The summed E-state index contributed by atoms with van der Waals surface area (Å²) in [6, 6.07) is 3.73. The number of alkyl carbamates (subject to hydrolysis) is 1. The van der Waals surface area contributed by atoms with Gasteiger partial charge in [-0.1, -0.05) is 13.8 Å². The van der Waals surface area contributed by atoms with Crippen LogP contribution in [0.25, 0.3) is 0 Å². The molecule has 5 N–H and O–H groups in total. The number of ether oxygens (including phenoxy) is 1. The number of nitrogens with zero attached hydrogens (tertiary/aromatic N) is 3. The molecular weight excluding hydrogens is 490 g/mol. The highest BCUT2D eigenvalue weighted by Crippen LogP contribution is 2.22. The minimum atomic E-state index is -1.59. The second kappa shape index (κ2) is 13.8. The number of aliphatic hydroxyl groups is 2. The number of aromatic nitrogens is 2. The molecule has 0 aromatic carbocycles. The summed E-state index contributed by atoms with van der Waals surface area (Å²) in [5.41, 5.74) is 6.29. The van der Waals surface area contributed by atoms with E-state index in [0.717, 1.165) is 10.5 Å². The average Bonchev–Trinajstić information content (AvgIpc) is 2.84. The van der Waals surface area contributed by atoms with Gasteiger partial charge in [0.2, 0.25) is 12.3 Å². The van der Waals surface area contributed by atoms with Crippen LogP contribution in [0.15, 0.2) is 49.1 Å². The number of hydrogen-bond acceptors (Lipinski definition) is 8. The highest BCUT2D eigenvalue weighted by molar-refractivity contribution is 5.82. The van der Waals surface area contributed by atoms with Gasteiger partial charge in [-0.2, -0.15) is 0 Å². The van der Waals surface area contributed by atoms with E-state index in [1.54, 1.807) is 83.7 Å². The summed E-state index contributed by atoms with van der Waals surface area (Å²) < 4.78 is 5.37. The zero-order valence-electron chi connectivity index (χ0n) is 22.5. The van der Waals surface area contributed by atoms with Crippen LogP contribution in [0.2, 0.25) is 0 Å². The Morgan fingerprint density at radius 2 is 1.50 bits per heavy atom. The standard InChI is InChI=1S/C27H39N5O6/c1-17(2)22(25(28)36)32(16-33)21(15-19-8-12-30-13-9-19)24(35)23(34)20(14-18-6-10-29-11-7-18)31-26(37)38-27(3,4)5/h6-13,16-17,20-24,34-35H,14-15H2,1-5H3,(H2,28,36)(H,31,37)/t20-,21+,22-,23+,24-/m0/s1. The summed E-state index contributed by atoms with van der Waals surface area (Å²) in [4.78, 5) is 46.4. The Morgan fingerprint density at radius 3 is 1.92 bits per heavy atom. The number of amides is 3. The van der Waals surface area contributed by atoms with Gasteiger partial charge in [-0.3, -0.25) is 19.6 Å². The maximum Gasteiger partial charge on any atom is 0.407 e. The summed E-state index contributed by atoms with van der Waals surface area (Å²) in [6.45, 7) is 8.58. The SMILES string of the molecule is CC(C)[C@@H](C(N)=O)N(C=O)[C@H](Cc1ccncc1)[C@H](O)[C@H](O)[C@H](Cc1ccncc1)NC(=O)OC(C)(C)C. The normalized spacial score (nSPS) is 15.6. The van der Waals surface area contributed by atoms with Crippen LogP contribution in [0.3, 0.4) is 0 Å². The van der Waals surface area contributed by atoms with E-state index in [2.05, 4.69) is 15.3 Å². The van der Waals surface area contributed by atoms with Gasteiger partial charge in [0.25, 0.3) is 0 Å². The van der Waals surface area contributed by atoms with E-state index in [9.17, 15) is 24.6 Å². The van der Waals surface area contributed by atoms with E-state index >= 15 is 0 Å². The lowest BCUT2D eigenvalue weighted by molar-refractivity contribution is -0.141. The van der Waals surface area contributed by atoms with E-state index in [0.29, 0.717) is 12.0 Å². The molecule has 0 radical (unpaired) electrons. The molecule has 11 heteroatoms. The molecule has 2 aromatic rings. The molecule has 5 atom stereocenters. The van der Waals surface area contributed by atoms with Crippen molar-refractivity contribution in [2.75, 3.05) is 0 Å². The minimum absolute atomic E-state index is 0.0877. The Morgan fingerprint density at radius 1 is 1.00 bits per heavy atom. The Hall–Kier alpha value is -3.57. The van der Waals surface area contributed by atoms with E-state index in [1.165, 1.54) is 0 Å². The summed E-state index contributed by atoms with van der Waals surface area (Å²) in [5, 5.41) is 25.6. The van der Waals surface area contributed by atoms with Crippen LogP contribution in [-0.4, -0.2) is 79.4 Å². The summed E-state index contributed by atoms with van der Waals surface area (Å²) in [6.07, 6.45) is 3.01. The number of rotatable bonds is 13. The number of carbonyl (C=O) groups excluding carboxylic acids is 3. The van der Waals surface area contributed by atoms with Crippen LogP contribution >= 0.6 is 0 Å². The van der Waals surface area contributed by atoms with Gasteiger partial charge in [0.05, 0.1) is 12.1 Å². The van der Waals surface area contributed by atoms with Gasteiger partial charge in [-0.25, -0.2) is 4.79 Å². The van der Waals surface area contributed by atoms with E-state index in [-0.39, 0.29) is 18.8 Å². The quantitative estimate of drug-likeness (QED) is 0.281. The summed E-state index contributed by atoms with van der Waals surface area (Å²) >= 11 is 0. The van der Waals surface area contributed by atoms with Gasteiger partial charge in [-0.15, -0.1) is 0 Å². The fourth-order valence-corrected chi connectivity index (χ4v) is 4.29. The molecule has 0 saturated carbocycles. The molecular formula is C27H39N5O6. The maximum absolute atomic E-state index is 12.7. The Bertz CT molecular complexity index is 1030. The first kappa shape index (κ1) is 30.7. The molecule has 208 valence electrons. The highest BCUT2D eigenvalue weighted by atomic mass is 16.6. The van der Waals surface area contributed by atoms with Crippen LogP contribution < -0.4 is 11.1 Å². The second-order valence-electron chi connectivity index (χ2n) is 10.6. The first-order valence-corrected chi connectivity index (χ1v) is 12.5. The lowest BCUT2D eigenvalue weighted by Crippen LogP contribution is -2.61. The number of carbonyl (C=O) groups is 3. The zero-order valence-corrected chi connectivity index (χ0v) is 22.5. The van der Waals surface area contributed by atoms with Crippen molar-refractivity contribution in [1.29, 1.82) is 0 Å². The van der Waals surface area contributed by atoms with Crippen LogP contribution in [0.1, 0.15) is 45.7 Å². The lowest BCUT2D eigenvalue weighted by Gasteiger charge is -2.41. The number of pyridine rings is 2. The number of aliphatic hydroxyl groups excluding tert-OH is 2. The van der Waals surface area contributed by atoms with Gasteiger partial charge in [-0.05, 0) is 74.9 Å². The molecule has 2 heterocycles. The fraction of sp³-hybridized carbons (Fsp3) is 0.519. The van der Waals surface area contributed by atoms with Crippen molar-refractivity contribution in [1.82, 2.24) is 20.2 Å². The number of nitrogens with two attached hydrogens (primary N) is 1. The molecule has 11 nitrogen and oxygen atoms in total. The summed E-state index contributed by atoms with van der Waals surface area (Å²) in [7, 11) is 0. The Labute approximate surface area is 223 Å². The molecule has 0 aliphatic rings. The van der Waals surface area contributed by atoms with E-state index < -0.39 is 47.9 Å². The molecule has 2 aromatic heterocycles. The molecule has 0 fully saturated rings. The highest BCUT2D eigenvalue weighted by Gasteiger charge is 2.40. The molecule has 38 heavy (non-hydrogen) atoms.